The van der Waals surface area contributed by atoms with Gasteiger partial charge in [-0.3, -0.25) is 0 Å². The normalized spacial score (nSPS) is 21.1. The van der Waals surface area contributed by atoms with Crippen molar-refractivity contribution in [1.82, 2.24) is 9.03 Å². The first-order chi connectivity index (χ1) is 8.02. The number of aliphatic hydroxyl groups is 1. The van der Waals surface area contributed by atoms with Gasteiger partial charge in [0, 0.05) is 19.6 Å². The zero-order valence-electron chi connectivity index (χ0n) is 10.6. The molecule has 0 aromatic carbocycles. The number of rotatable bonds is 6. The minimum absolute atomic E-state index is 0.363. The molecule has 1 aliphatic heterocycles. The molecular weight excluding hydrogens is 240 g/mol. The second-order valence-corrected chi connectivity index (χ2v) is 6.46. The van der Waals surface area contributed by atoms with Crippen molar-refractivity contribution in [2.45, 2.75) is 51.6 Å². The van der Waals surface area contributed by atoms with Crippen LogP contribution in [0.3, 0.4) is 0 Å². The number of nitrogens with zero attached hydrogens (tertiary/aromatic N) is 1. The van der Waals surface area contributed by atoms with E-state index in [1.165, 1.54) is 0 Å². The molecule has 102 valence electrons. The summed E-state index contributed by atoms with van der Waals surface area (Å²) in [5, 5.41) is 9.08. The maximum atomic E-state index is 11.9. The molecule has 1 fully saturated rings. The number of hydrogen-bond acceptors (Lipinski definition) is 3. The Bertz CT molecular complexity index is 296. The topological polar surface area (TPSA) is 69.6 Å². The van der Waals surface area contributed by atoms with Gasteiger partial charge in [0.2, 0.25) is 0 Å². The van der Waals surface area contributed by atoms with Crippen LogP contribution in [0.15, 0.2) is 0 Å². The molecule has 0 bridgehead atoms. The highest BCUT2D eigenvalue weighted by molar-refractivity contribution is 7.87. The second kappa shape index (κ2) is 7.31. The molecule has 2 N–H and O–H groups in total. The molecule has 0 aliphatic carbocycles. The van der Waals surface area contributed by atoms with Gasteiger partial charge in [-0.05, 0) is 32.6 Å². The monoisotopic (exact) mass is 264 g/mol. The molecule has 17 heavy (non-hydrogen) atoms. The van der Waals surface area contributed by atoms with Crippen LogP contribution in [0.1, 0.15) is 45.4 Å². The standard InChI is InChI=1S/C11H24N2O3S/c1-11(14)7-6-8-12-17(15,16)13-9-4-2-3-5-10-13/h11-12,14H,2-10H2,1H3. The SMILES string of the molecule is CC(O)CCCNS(=O)(=O)N1CCCCCC1. The third kappa shape index (κ3) is 5.81. The first kappa shape index (κ1) is 14.9. The Hall–Kier alpha value is -0.170. The third-order valence-corrected chi connectivity index (χ3v) is 4.60. The molecule has 0 spiro atoms. The first-order valence-corrected chi connectivity index (χ1v) is 7.89. The zero-order chi connectivity index (χ0) is 12.7. The molecule has 0 saturated carbocycles. The van der Waals surface area contributed by atoms with E-state index in [1.807, 2.05) is 0 Å². The molecule has 0 aromatic rings. The smallest absolute Gasteiger partial charge is 0.279 e. The first-order valence-electron chi connectivity index (χ1n) is 6.45. The van der Waals surface area contributed by atoms with Crippen LogP contribution in [0.2, 0.25) is 0 Å². The van der Waals surface area contributed by atoms with Crippen molar-refractivity contribution in [1.29, 1.82) is 0 Å². The van der Waals surface area contributed by atoms with Crippen molar-refractivity contribution in [3.63, 3.8) is 0 Å². The van der Waals surface area contributed by atoms with Crippen molar-refractivity contribution >= 4 is 10.2 Å². The fraction of sp³-hybridized carbons (Fsp3) is 1.00. The van der Waals surface area contributed by atoms with Crippen LogP contribution in [-0.4, -0.2) is 43.6 Å². The Morgan fingerprint density at radius 1 is 1.24 bits per heavy atom. The van der Waals surface area contributed by atoms with Gasteiger partial charge in [0.25, 0.3) is 10.2 Å². The van der Waals surface area contributed by atoms with Crippen LogP contribution in [0.4, 0.5) is 0 Å². The molecule has 1 aliphatic rings. The molecule has 1 atom stereocenters. The molecule has 5 nitrogen and oxygen atoms in total. The fourth-order valence-corrected chi connectivity index (χ4v) is 3.30. The third-order valence-electron chi connectivity index (χ3n) is 2.99. The van der Waals surface area contributed by atoms with Crippen molar-refractivity contribution in [3.05, 3.63) is 0 Å². The van der Waals surface area contributed by atoms with E-state index in [9.17, 15) is 8.42 Å². The van der Waals surface area contributed by atoms with E-state index in [-0.39, 0.29) is 6.10 Å². The molecule has 0 aromatic heterocycles. The average Bonchev–Trinajstić information content (AvgIpc) is 2.53. The predicted molar refractivity (Wildman–Crippen MR) is 67.9 cm³/mol. The van der Waals surface area contributed by atoms with Crippen molar-refractivity contribution in [2.24, 2.45) is 0 Å². The van der Waals surface area contributed by atoms with E-state index >= 15 is 0 Å². The summed E-state index contributed by atoms with van der Waals surface area (Å²) in [6.07, 6.45) is 5.08. The average molecular weight is 264 g/mol. The van der Waals surface area contributed by atoms with Crippen molar-refractivity contribution in [3.8, 4) is 0 Å². The molecule has 0 amide bonds. The summed E-state index contributed by atoms with van der Waals surface area (Å²) < 4.78 is 28.0. The van der Waals surface area contributed by atoms with Crippen LogP contribution < -0.4 is 4.72 Å². The van der Waals surface area contributed by atoms with Gasteiger partial charge in [0.1, 0.15) is 0 Å². The van der Waals surface area contributed by atoms with Gasteiger partial charge >= 0.3 is 0 Å². The number of aliphatic hydroxyl groups excluding tert-OH is 1. The van der Waals surface area contributed by atoms with E-state index in [0.717, 1.165) is 25.7 Å². The van der Waals surface area contributed by atoms with E-state index in [0.29, 0.717) is 32.5 Å². The lowest BCUT2D eigenvalue weighted by atomic mass is 10.2. The Morgan fingerprint density at radius 3 is 2.35 bits per heavy atom. The molecular formula is C11H24N2O3S. The van der Waals surface area contributed by atoms with Gasteiger partial charge in [0.15, 0.2) is 0 Å². The summed E-state index contributed by atoms with van der Waals surface area (Å²) >= 11 is 0. The van der Waals surface area contributed by atoms with Crippen molar-refractivity contribution in [2.75, 3.05) is 19.6 Å². The molecule has 6 heteroatoms. The quantitative estimate of drug-likeness (QED) is 0.699. The second-order valence-electron chi connectivity index (χ2n) is 4.70. The number of nitrogens with one attached hydrogen (secondary N) is 1. The van der Waals surface area contributed by atoms with Crippen LogP contribution in [0.25, 0.3) is 0 Å². The summed E-state index contributed by atoms with van der Waals surface area (Å²) in [6, 6.07) is 0. The van der Waals surface area contributed by atoms with Gasteiger partial charge in [-0.2, -0.15) is 12.7 Å². The minimum atomic E-state index is -3.30. The molecule has 0 radical (unpaired) electrons. The van der Waals surface area contributed by atoms with E-state index in [4.69, 9.17) is 5.11 Å². The summed E-state index contributed by atoms with van der Waals surface area (Å²) in [5.74, 6) is 0. The Balaban J connectivity index is 2.33. The van der Waals surface area contributed by atoms with Gasteiger partial charge in [-0.15, -0.1) is 0 Å². The largest absolute Gasteiger partial charge is 0.393 e. The zero-order valence-corrected chi connectivity index (χ0v) is 11.4. The fourth-order valence-electron chi connectivity index (χ4n) is 1.97. The Morgan fingerprint density at radius 2 is 1.82 bits per heavy atom. The Kier molecular flexibility index (Phi) is 6.40. The Labute approximate surface area is 104 Å². The summed E-state index contributed by atoms with van der Waals surface area (Å²) in [7, 11) is -3.30. The summed E-state index contributed by atoms with van der Waals surface area (Å²) in [5.41, 5.74) is 0. The van der Waals surface area contributed by atoms with Gasteiger partial charge in [-0.1, -0.05) is 12.8 Å². The van der Waals surface area contributed by atoms with Crippen LogP contribution >= 0.6 is 0 Å². The van der Waals surface area contributed by atoms with Crippen LogP contribution in [0.5, 0.6) is 0 Å². The maximum Gasteiger partial charge on any atom is 0.279 e. The van der Waals surface area contributed by atoms with Gasteiger partial charge in [0.05, 0.1) is 6.10 Å². The summed E-state index contributed by atoms with van der Waals surface area (Å²) in [6.45, 7) is 3.38. The van der Waals surface area contributed by atoms with Gasteiger partial charge in [-0.25, -0.2) is 4.72 Å². The maximum absolute atomic E-state index is 11.9. The lowest BCUT2D eigenvalue weighted by Gasteiger charge is -2.20. The minimum Gasteiger partial charge on any atom is -0.393 e. The molecule has 1 unspecified atom stereocenters. The van der Waals surface area contributed by atoms with E-state index in [2.05, 4.69) is 4.72 Å². The highest BCUT2D eigenvalue weighted by atomic mass is 32.2. The van der Waals surface area contributed by atoms with Gasteiger partial charge < -0.3 is 5.11 Å². The van der Waals surface area contributed by atoms with E-state index < -0.39 is 10.2 Å². The highest BCUT2D eigenvalue weighted by Crippen LogP contribution is 2.12. The predicted octanol–water partition coefficient (Wildman–Crippen LogP) is 0.858. The van der Waals surface area contributed by atoms with E-state index in [1.54, 1.807) is 11.2 Å². The lowest BCUT2D eigenvalue weighted by molar-refractivity contribution is 0.182. The van der Waals surface area contributed by atoms with Crippen LogP contribution in [0, 0.1) is 0 Å². The molecule has 1 rings (SSSR count). The van der Waals surface area contributed by atoms with Crippen molar-refractivity contribution < 1.29 is 13.5 Å². The molecule has 1 saturated heterocycles. The molecule has 1 heterocycles. The lowest BCUT2D eigenvalue weighted by Crippen LogP contribution is -2.41. The van der Waals surface area contributed by atoms with Crippen LogP contribution in [-0.2, 0) is 10.2 Å². The highest BCUT2D eigenvalue weighted by Gasteiger charge is 2.21. The number of hydrogen-bond donors (Lipinski definition) is 2. The summed E-state index contributed by atoms with van der Waals surface area (Å²) in [4.78, 5) is 0.